The van der Waals surface area contributed by atoms with E-state index in [1.54, 1.807) is 53.2 Å². The fraction of sp³-hybridized carbons (Fsp3) is 0.0833. The Morgan fingerprint density at radius 1 is 0.935 bits per heavy atom. The first kappa shape index (κ1) is 20.5. The normalized spacial score (nSPS) is 10.6. The van der Waals surface area contributed by atoms with Crippen molar-refractivity contribution in [3.63, 3.8) is 0 Å². The van der Waals surface area contributed by atoms with Crippen LogP contribution in [0, 0.1) is 6.92 Å². The largest absolute Gasteiger partial charge is 0.451 e. The van der Waals surface area contributed by atoms with Gasteiger partial charge in [-0.25, -0.2) is 14.5 Å². The quantitative estimate of drug-likeness (QED) is 0.319. The van der Waals surface area contributed by atoms with Crippen LogP contribution in [-0.2, 0) is 4.74 Å². The SMILES string of the molecule is Cc1ccc(-c2nc(C(=O)OCC(=O)c3ccccc3)nn2-c2ccc(Cl)cc2)cc1. The first-order valence-corrected chi connectivity index (χ1v) is 9.94. The summed E-state index contributed by atoms with van der Waals surface area (Å²) in [5.74, 6) is -0.731. The molecule has 0 aliphatic heterocycles. The molecule has 3 aromatic carbocycles. The summed E-state index contributed by atoms with van der Waals surface area (Å²) < 4.78 is 6.73. The van der Waals surface area contributed by atoms with Gasteiger partial charge in [0, 0.05) is 16.1 Å². The van der Waals surface area contributed by atoms with Gasteiger partial charge in [0.2, 0.25) is 0 Å². The summed E-state index contributed by atoms with van der Waals surface area (Å²) in [6.45, 7) is 1.60. The highest BCUT2D eigenvalue weighted by Crippen LogP contribution is 2.23. The second-order valence-electron chi connectivity index (χ2n) is 6.88. The lowest BCUT2D eigenvalue weighted by Crippen LogP contribution is -2.15. The zero-order valence-electron chi connectivity index (χ0n) is 16.7. The molecule has 0 unspecified atom stereocenters. The van der Waals surface area contributed by atoms with Crippen LogP contribution in [0.5, 0.6) is 0 Å². The predicted octanol–water partition coefficient (Wildman–Crippen LogP) is 4.94. The minimum absolute atomic E-state index is 0.133. The van der Waals surface area contributed by atoms with Crippen LogP contribution in [0.15, 0.2) is 78.9 Å². The number of carbonyl (C=O) groups is 2. The molecular weight excluding hydrogens is 414 g/mol. The number of ketones is 1. The van der Waals surface area contributed by atoms with Gasteiger partial charge in [-0.05, 0) is 31.2 Å². The lowest BCUT2D eigenvalue weighted by molar-refractivity contribution is 0.0462. The maximum absolute atomic E-state index is 12.6. The Hall–Kier alpha value is -3.77. The van der Waals surface area contributed by atoms with E-state index in [1.165, 1.54) is 0 Å². The van der Waals surface area contributed by atoms with Crippen LogP contribution in [0.2, 0.25) is 5.02 Å². The van der Waals surface area contributed by atoms with Gasteiger partial charge in [0.05, 0.1) is 5.69 Å². The summed E-state index contributed by atoms with van der Waals surface area (Å²) in [4.78, 5) is 29.2. The molecule has 1 heterocycles. The van der Waals surface area contributed by atoms with Crippen LogP contribution in [0.3, 0.4) is 0 Å². The van der Waals surface area contributed by atoms with E-state index in [-0.39, 0.29) is 11.6 Å². The van der Waals surface area contributed by atoms with Crippen molar-refractivity contribution >= 4 is 23.4 Å². The fourth-order valence-corrected chi connectivity index (χ4v) is 3.08. The van der Waals surface area contributed by atoms with E-state index in [0.29, 0.717) is 22.1 Å². The number of rotatable bonds is 6. The summed E-state index contributed by atoms with van der Waals surface area (Å²) >= 11 is 6.00. The molecular formula is C24H18ClN3O3. The van der Waals surface area contributed by atoms with E-state index < -0.39 is 12.6 Å². The van der Waals surface area contributed by atoms with Crippen LogP contribution in [0.4, 0.5) is 0 Å². The summed E-state index contributed by atoms with van der Waals surface area (Å²) in [5.41, 5.74) is 3.04. The van der Waals surface area contributed by atoms with Crippen LogP contribution in [0.1, 0.15) is 26.5 Å². The van der Waals surface area contributed by atoms with Crippen molar-refractivity contribution in [3.05, 3.63) is 101 Å². The van der Waals surface area contributed by atoms with Crippen LogP contribution in [0.25, 0.3) is 17.1 Å². The highest BCUT2D eigenvalue weighted by molar-refractivity contribution is 6.30. The average Bonchev–Trinajstić information content (AvgIpc) is 3.24. The molecule has 0 amide bonds. The number of esters is 1. The summed E-state index contributed by atoms with van der Waals surface area (Å²) in [6, 6.07) is 23.4. The zero-order chi connectivity index (χ0) is 21.8. The van der Waals surface area contributed by atoms with Gasteiger partial charge in [0.1, 0.15) is 0 Å². The number of nitrogens with zero attached hydrogens (tertiary/aromatic N) is 3. The molecule has 154 valence electrons. The molecule has 4 aromatic rings. The molecule has 0 spiro atoms. The molecule has 0 radical (unpaired) electrons. The molecule has 0 aliphatic rings. The number of benzene rings is 3. The topological polar surface area (TPSA) is 74.1 Å². The number of hydrogen-bond donors (Lipinski definition) is 0. The minimum Gasteiger partial charge on any atom is -0.451 e. The zero-order valence-corrected chi connectivity index (χ0v) is 17.4. The molecule has 0 aliphatic carbocycles. The molecule has 4 rings (SSSR count). The average molecular weight is 432 g/mol. The molecule has 1 aromatic heterocycles. The van der Waals surface area contributed by atoms with Crippen molar-refractivity contribution in [2.24, 2.45) is 0 Å². The number of Topliss-reactive ketones (excluding diaryl/α,β-unsaturated/α-hetero) is 1. The lowest BCUT2D eigenvalue weighted by Gasteiger charge is -2.06. The van der Waals surface area contributed by atoms with Crippen molar-refractivity contribution in [3.8, 4) is 17.1 Å². The number of halogens is 1. The highest BCUT2D eigenvalue weighted by atomic mass is 35.5. The van der Waals surface area contributed by atoms with Gasteiger partial charge in [-0.3, -0.25) is 4.79 Å². The molecule has 0 N–H and O–H groups in total. The van der Waals surface area contributed by atoms with E-state index in [1.807, 2.05) is 37.3 Å². The van der Waals surface area contributed by atoms with E-state index in [0.717, 1.165) is 11.1 Å². The van der Waals surface area contributed by atoms with Crippen LogP contribution < -0.4 is 0 Å². The number of aryl methyl sites for hydroxylation is 1. The highest BCUT2D eigenvalue weighted by Gasteiger charge is 2.21. The first-order valence-electron chi connectivity index (χ1n) is 9.57. The summed E-state index contributed by atoms with van der Waals surface area (Å²) in [6.07, 6.45) is 0. The number of ether oxygens (including phenoxy) is 1. The van der Waals surface area contributed by atoms with Crippen LogP contribution >= 0.6 is 11.6 Å². The number of aromatic nitrogens is 3. The standard InChI is InChI=1S/C24H18ClN3O3/c1-16-7-9-18(10-8-16)23-26-22(27-28(23)20-13-11-19(25)12-14-20)24(30)31-15-21(29)17-5-3-2-4-6-17/h2-14H,15H2,1H3. The Morgan fingerprint density at radius 2 is 1.61 bits per heavy atom. The summed E-state index contributed by atoms with van der Waals surface area (Å²) in [5, 5.41) is 4.92. The van der Waals surface area contributed by atoms with E-state index in [9.17, 15) is 9.59 Å². The Bertz CT molecular complexity index is 1150. The number of carbonyl (C=O) groups excluding carboxylic acids is 2. The predicted molar refractivity (Wildman–Crippen MR) is 118 cm³/mol. The molecule has 0 bridgehead atoms. The monoisotopic (exact) mass is 431 g/mol. The van der Waals surface area contributed by atoms with Gasteiger partial charge >= 0.3 is 5.97 Å². The van der Waals surface area contributed by atoms with Crippen molar-refractivity contribution in [2.45, 2.75) is 6.92 Å². The van der Waals surface area contributed by atoms with Gasteiger partial charge in [-0.15, -0.1) is 5.10 Å². The Morgan fingerprint density at radius 3 is 2.29 bits per heavy atom. The minimum atomic E-state index is -0.773. The molecule has 6 nitrogen and oxygen atoms in total. The van der Waals surface area contributed by atoms with Crippen molar-refractivity contribution in [1.29, 1.82) is 0 Å². The maximum Gasteiger partial charge on any atom is 0.378 e. The van der Waals surface area contributed by atoms with Gasteiger partial charge in [-0.1, -0.05) is 71.8 Å². The molecule has 0 atom stereocenters. The van der Waals surface area contributed by atoms with Gasteiger partial charge in [-0.2, -0.15) is 0 Å². The van der Waals surface area contributed by atoms with Gasteiger partial charge < -0.3 is 4.74 Å². The Balaban J connectivity index is 1.62. The third-order valence-corrected chi connectivity index (χ3v) is 4.85. The molecule has 0 saturated heterocycles. The van der Waals surface area contributed by atoms with Gasteiger partial charge in [0.25, 0.3) is 5.82 Å². The Kier molecular flexibility index (Phi) is 5.91. The van der Waals surface area contributed by atoms with Crippen molar-refractivity contribution < 1.29 is 14.3 Å². The lowest BCUT2D eigenvalue weighted by atomic mass is 10.1. The first-order chi connectivity index (χ1) is 15.0. The van der Waals surface area contributed by atoms with Gasteiger partial charge in [0.15, 0.2) is 18.2 Å². The molecule has 0 fully saturated rings. The second-order valence-corrected chi connectivity index (χ2v) is 7.32. The van der Waals surface area contributed by atoms with E-state index in [4.69, 9.17) is 16.3 Å². The van der Waals surface area contributed by atoms with E-state index >= 15 is 0 Å². The second kappa shape index (κ2) is 8.93. The number of hydrogen-bond acceptors (Lipinski definition) is 5. The summed E-state index contributed by atoms with van der Waals surface area (Å²) in [7, 11) is 0. The van der Waals surface area contributed by atoms with Crippen molar-refractivity contribution in [1.82, 2.24) is 14.8 Å². The van der Waals surface area contributed by atoms with Crippen molar-refractivity contribution in [2.75, 3.05) is 6.61 Å². The molecule has 0 saturated carbocycles. The maximum atomic E-state index is 12.6. The Labute approximate surface area is 184 Å². The fourth-order valence-electron chi connectivity index (χ4n) is 2.95. The van der Waals surface area contributed by atoms with Crippen LogP contribution in [-0.4, -0.2) is 33.1 Å². The molecule has 7 heteroatoms. The van der Waals surface area contributed by atoms with E-state index in [2.05, 4.69) is 10.1 Å². The third kappa shape index (κ3) is 4.70. The third-order valence-electron chi connectivity index (χ3n) is 4.60. The molecule has 31 heavy (non-hydrogen) atoms. The smallest absolute Gasteiger partial charge is 0.378 e.